The maximum atomic E-state index is 12.8. The number of ether oxygens (including phenoxy) is 1. The highest BCUT2D eigenvalue weighted by molar-refractivity contribution is 7.10. The minimum absolute atomic E-state index is 0.00743. The zero-order valence-electron chi connectivity index (χ0n) is 14.9. The SMILES string of the molecule is O=C(/C=C/c1cccs1)N1Cc2cccn2C[C@H](OCc2cccnc2)C1. The molecule has 1 amide bonds. The number of amides is 1. The molecule has 27 heavy (non-hydrogen) atoms. The summed E-state index contributed by atoms with van der Waals surface area (Å²) in [5.41, 5.74) is 2.16. The summed E-state index contributed by atoms with van der Waals surface area (Å²) in [5, 5.41) is 2.01. The fourth-order valence-corrected chi connectivity index (χ4v) is 3.79. The van der Waals surface area contributed by atoms with Gasteiger partial charge in [-0.25, -0.2) is 0 Å². The number of thiophene rings is 1. The van der Waals surface area contributed by atoms with Gasteiger partial charge < -0.3 is 14.2 Å². The van der Waals surface area contributed by atoms with Crippen molar-refractivity contribution in [3.8, 4) is 0 Å². The molecule has 0 aliphatic carbocycles. The monoisotopic (exact) mass is 379 g/mol. The van der Waals surface area contributed by atoms with Crippen LogP contribution in [-0.2, 0) is 29.2 Å². The molecule has 0 spiro atoms. The lowest BCUT2D eigenvalue weighted by molar-refractivity contribution is -0.128. The van der Waals surface area contributed by atoms with Crippen molar-refractivity contribution in [2.45, 2.75) is 25.8 Å². The number of rotatable bonds is 5. The van der Waals surface area contributed by atoms with Crippen LogP contribution in [0.5, 0.6) is 0 Å². The molecule has 0 N–H and O–H groups in total. The van der Waals surface area contributed by atoms with E-state index in [2.05, 4.69) is 15.6 Å². The average molecular weight is 379 g/mol. The smallest absolute Gasteiger partial charge is 0.247 e. The molecule has 6 heteroatoms. The van der Waals surface area contributed by atoms with E-state index in [0.29, 0.717) is 19.7 Å². The molecule has 1 aliphatic rings. The van der Waals surface area contributed by atoms with Gasteiger partial charge in [-0.15, -0.1) is 11.3 Å². The third-order valence-corrected chi connectivity index (χ3v) is 5.39. The minimum atomic E-state index is -0.0713. The van der Waals surface area contributed by atoms with Gasteiger partial charge in [-0.2, -0.15) is 0 Å². The van der Waals surface area contributed by atoms with E-state index < -0.39 is 0 Å². The summed E-state index contributed by atoms with van der Waals surface area (Å²) in [5.74, 6) is 0.00743. The Labute approximate surface area is 162 Å². The second-order valence-electron chi connectivity index (χ2n) is 6.51. The van der Waals surface area contributed by atoms with Crippen LogP contribution in [0, 0.1) is 0 Å². The summed E-state index contributed by atoms with van der Waals surface area (Å²) in [6.45, 7) is 2.38. The van der Waals surface area contributed by atoms with Crippen LogP contribution < -0.4 is 0 Å². The number of pyridine rings is 1. The predicted molar refractivity (Wildman–Crippen MR) is 106 cm³/mol. The Hall–Kier alpha value is -2.70. The van der Waals surface area contributed by atoms with Crippen molar-refractivity contribution in [3.05, 3.63) is 82.6 Å². The number of nitrogens with zero attached hydrogens (tertiary/aromatic N) is 3. The fraction of sp³-hybridized carbons (Fsp3) is 0.238. The first-order chi connectivity index (χ1) is 13.3. The number of carbonyl (C=O) groups is 1. The summed E-state index contributed by atoms with van der Waals surface area (Å²) in [6.07, 6.45) is 9.07. The van der Waals surface area contributed by atoms with Crippen LogP contribution in [0.4, 0.5) is 0 Å². The molecule has 138 valence electrons. The van der Waals surface area contributed by atoms with E-state index in [1.807, 2.05) is 59.1 Å². The Morgan fingerprint density at radius 1 is 1.26 bits per heavy atom. The summed E-state index contributed by atoms with van der Waals surface area (Å²) in [6, 6.07) is 12.0. The van der Waals surface area contributed by atoms with E-state index in [1.54, 1.807) is 23.6 Å². The first-order valence-corrected chi connectivity index (χ1v) is 9.81. The molecule has 0 radical (unpaired) electrons. The van der Waals surface area contributed by atoms with E-state index in [0.717, 1.165) is 22.7 Å². The van der Waals surface area contributed by atoms with E-state index in [4.69, 9.17) is 4.74 Å². The first-order valence-electron chi connectivity index (χ1n) is 8.93. The summed E-state index contributed by atoms with van der Waals surface area (Å²) in [4.78, 5) is 19.8. The maximum absolute atomic E-state index is 12.8. The van der Waals surface area contributed by atoms with Crippen molar-refractivity contribution in [1.29, 1.82) is 0 Å². The predicted octanol–water partition coefficient (Wildman–Crippen LogP) is 3.59. The van der Waals surface area contributed by atoms with E-state index in [-0.39, 0.29) is 12.0 Å². The molecule has 0 bridgehead atoms. The van der Waals surface area contributed by atoms with E-state index >= 15 is 0 Å². The molecule has 4 rings (SSSR count). The number of aromatic nitrogens is 2. The van der Waals surface area contributed by atoms with Gasteiger partial charge in [0.1, 0.15) is 0 Å². The zero-order chi connectivity index (χ0) is 18.5. The highest BCUT2D eigenvalue weighted by Gasteiger charge is 2.24. The third-order valence-electron chi connectivity index (χ3n) is 4.55. The van der Waals surface area contributed by atoms with E-state index in [1.165, 1.54) is 0 Å². The maximum Gasteiger partial charge on any atom is 0.247 e. The molecule has 3 aromatic rings. The Morgan fingerprint density at radius 3 is 3.04 bits per heavy atom. The highest BCUT2D eigenvalue weighted by Crippen LogP contribution is 2.18. The van der Waals surface area contributed by atoms with Gasteiger partial charge in [0, 0.05) is 41.8 Å². The van der Waals surface area contributed by atoms with Crippen molar-refractivity contribution in [1.82, 2.24) is 14.5 Å². The standard InChI is InChI=1S/C21H21N3O2S/c25-21(8-7-20-6-3-11-27-20)24-13-18-5-2-10-23(18)14-19(15-24)26-16-17-4-1-9-22-12-17/h1-12,19H,13-16H2/b8-7+/t19-/m0/s1. The Kier molecular flexibility index (Phi) is 5.46. The average Bonchev–Trinajstić information content (AvgIpc) is 3.34. The van der Waals surface area contributed by atoms with Gasteiger partial charge >= 0.3 is 0 Å². The lowest BCUT2D eigenvalue weighted by Crippen LogP contribution is -2.36. The van der Waals surface area contributed by atoms with Crippen LogP contribution in [0.15, 0.2) is 66.4 Å². The van der Waals surface area contributed by atoms with Crippen LogP contribution in [0.3, 0.4) is 0 Å². The lowest BCUT2D eigenvalue weighted by Gasteiger charge is -2.23. The molecule has 0 fully saturated rings. The van der Waals surface area contributed by atoms with E-state index in [9.17, 15) is 4.79 Å². The largest absolute Gasteiger partial charge is 0.370 e. The Bertz CT molecular complexity index is 903. The quantitative estimate of drug-likeness (QED) is 0.637. The third kappa shape index (κ3) is 4.53. The molecule has 1 aliphatic heterocycles. The molecular formula is C21H21N3O2S. The van der Waals surface area contributed by atoms with Crippen molar-refractivity contribution >= 4 is 23.3 Å². The molecular weight excluding hydrogens is 358 g/mol. The highest BCUT2D eigenvalue weighted by atomic mass is 32.1. The molecule has 0 saturated heterocycles. The second kappa shape index (κ2) is 8.33. The van der Waals surface area contributed by atoms with Crippen molar-refractivity contribution in [2.24, 2.45) is 0 Å². The van der Waals surface area contributed by atoms with Crippen LogP contribution in [0.2, 0.25) is 0 Å². The lowest BCUT2D eigenvalue weighted by atomic mass is 10.2. The Morgan fingerprint density at radius 2 is 2.22 bits per heavy atom. The van der Waals surface area contributed by atoms with Gasteiger partial charge in [0.25, 0.3) is 0 Å². The van der Waals surface area contributed by atoms with Gasteiger partial charge in [-0.1, -0.05) is 12.1 Å². The second-order valence-corrected chi connectivity index (χ2v) is 7.49. The Balaban J connectivity index is 1.47. The fourth-order valence-electron chi connectivity index (χ4n) is 3.17. The van der Waals surface area contributed by atoms with Gasteiger partial charge in [0.15, 0.2) is 0 Å². The molecule has 0 saturated carbocycles. The topological polar surface area (TPSA) is 47.4 Å². The van der Waals surface area contributed by atoms with Gasteiger partial charge in [0.05, 0.1) is 25.8 Å². The zero-order valence-corrected chi connectivity index (χ0v) is 15.7. The summed E-state index contributed by atoms with van der Waals surface area (Å²) >= 11 is 1.62. The summed E-state index contributed by atoms with van der Waals surface area (Å²) < 4.78 is 8.30. The molecule has 0 aromatic carbocycles. The van der Waals surface area contributed by atoms with Gasteiger partial charge in [-0.05, 0) is 41.3 Å². The van der Waals surface area contributed by atoms with Crippen LogP contribution in [-0.4, -0.2) is 33.0 Å². The summed E-state index contributed by atoms with van der Waals surface area (Å²) in [7, 11) is 0. The van der Waals surface area contributed by atoms with Crippen molar-refractivity contribution in [2.75, 3.05) is 6.54 Å². The number of carbonyl (C=O) groups excluding carboxylic acids is 1. The molecule has 4 heterocycles. The van der Waals surface area contributed by atoms with Gasteiger partial charge in [-0.3, -0.25) is 9.78 Å². The molecule has 0 unspecified atom stereocenters. The number of hydrogen-bond donors (Lipinski definition) is 0. The van der Waals surface area contributed by atoms with Crippen LogP contribution in [0.25, 0.3) is 6.08 Å². The first kappa shape index (κ1) is 17.7. The van der Waals surface area contributed by atoms with Crippen LogP contribution in [0.1, 0.15) is 16.1 Å². The molecule has 3 aromatic heterocycles. The van der Waals surface area contributed by atoms with Crippen molar-refractivity contribution < 1.29 is 9.53 Å². The van der Waals surface area contributed by atoms with Crippen LogP contribution >= 0.6 is 11.3 Å². The normalized spacial score (nSPS) is 17.0. The van der Waals surface area contributed by atoms with Crippen molar-refractivity contribution in [3.63, 3.8) is 0 Å². The molecule has 1 atom stereocenters. The molecule has 5 nitrogen and oxygen atoms in total. The number of hydrogen-bond acceptors (Lipinski definition) is 4. The minimum Gasteiger partial charge on any atom is -0.370 e. The number of fused-ring (bicyclic) bond motifs is 1. The van der Waals surface area contributed by atoms with Gasteiger partial charge in [0.2, 0.25) is 5.91 Å².